The zero-order valence-corrected chi connectivity index (χ0v) is 9.46. The van der Waals surface area contributed by atoms with E-state index in [2.05, 4.69) is 10.1 Å². The Labute approximate surface area is 91.9 Å². The second-order valence-corrected chi connectivity index (χ2v) is 3.85. The first-order valence-corrected chi connectivity index (χ1v) is 4.92. The second-order valence-electron chi connectivity index (χ2n) is 3.47. The van der Waals surface area contributed by atoms with E-state index in [0.717, 1.165) is 11.3 Å². The fourth-order valence-corrected chi connectivity index (χ4v) is 1.60. The molecule has 0 aromatic carbocycles. The van der Waals surface area contributed by atoms with Crippen molar-refractivity contribution >= 4 is 23.0 Å². The third-order valence-corrected chi connectivity index (χ3v) is 2.64. The number of nitrogens with zero attached hydrogens (tertiary/aromatic N) is 3. The van der Waals surface area contributed by atoms with Crippen LogP contribution in [-0.4, -0.2) is 20.4 Å². The molecule has 0 radical (unpaired) electrons. The van der Waals surface area contributed by atoms with Gasteiger partial charge in [-0.15, -0.1) is 0 Å². The molecular formula is C10H10ClN3O. The number of hydrogen-bond acceptors (Lipinski definition) is 3. The van der Waals surface area contributed by atoms with Gasteiger partial charge < -0.3 is 0 Å². The van der Waals surface area contributed by atoms with E-state index in [1.807, 2.05) is 13.8 Å². The molecule has 2 heterocycles. The Morgan fingerprint density at radius 2 is 2.13 bits per heavy atom. The lowest BCUT2D eigenvalue weighted by atomic mass is 10.2. The van der Waals surface area contributed by atoms with Crippen LogP contribution in [0, 0.1) is 13.8 Å². The number of fused-ring (bicyclic) bond motifs is 1. The fourth-order valence-electron chi connectivity index (χ4n) is 1.37. The van der Waals surface area contributed by atoms with Crippen molar-refractivity contribution in [1.29, 1.82) is 0 Å². The topological polar surface area (TPSA) is 47.3 Å². The van der Waals surface area contributed by atoms with Crippen molar-refractivity contribution in [2.75, 3.05) is 0 Å². The molecule has 0 aliphatic rings. The summed E-state index contributed by atoms with van der Waals surface area (Å²) < 4.78 is 1.54. The van der Waals surface area contributed by atoms with Gasteiger partial charge in [-0.1, -0.05) is 11.6 Å². The third kappa shape index (κ3) is 1.51. The predicted molar refractivity (Wildman–Crippen MR) is 57.5 cm³/mol. The summed E-state index contributed by atoms with van der Waals surface area (Å²) in [7, 11) is 0. The molecule has 0 bridgehead atoms. The van der Waals surface area contributed by atoms with Gasteiger partial charge in [-0.05, 0) is 13.8 Å². The summed E-state index contributed by atoms with van der Waals surface area (Å²) in [5, 5.41) is 4.63. The summed E-state index contributed by atoms with van der Waals surface area (Å²) in [4.78, 5) is 15.4. The van der Waals surface area contributed by atoms with Crippen LogP contribution in [0.5, 0.6) is 0 Å². The summed E-state index contributed by atoms with van der Waals surface area (Å²) in [6.07, 6.45) is 0. The van der Waals surface area contributed by atoms with E-state index < -0.39 is 0 Å². The van der Waals surface area contributed by atoms with Crippen LogP contribution in [0.1, 0.15) is 28.7 Å². The van der Waals surface area contributed by atoms with E-state index in [9.17, 15) is 4.79 Å². The normalized spacial score (nSPS) is 10.9. The van der Waals surface area contributed by atoms with Gasteiger partial charge in [0, 0.05) is 18.6 Å². The van der Waals surface area contributed by atoms with Crippen molar-refractivity contribution in [2.24, 2.45) is 0 Å². The maximum absolute atomic E-state index is 11.2. The molecule has 0 fully saturated rings. The van der Waals surface area contributed by atoms with Crippen LogP contribution in [0.3, 0.4) is 0 Å². The highest BCUT2D eigenvalue weighted by Gasteiger charge is 2.12. The van der Waals surface area contributed by atoms with Gasteiger partial charge in [0.1, 0.15) is 10.8 Å². The maximum atomic E-state index is 11.2. The number of aryl methyl sites for hydroxylation is 2. The Morgan fingerprint density at radius 3 is 2.73 bits per heavy atom. The van der Waals surface area contributed by atoms with Gasteiger partial charge >= 0.3 is 0 Å². The lowest BCUT2D eigenvalue weighted by Gasteiger charge is -1.99. The first kappa shape index (κ1) is 10.1. The first-order valence-electron chi connectivity index (χ1n) is 4.54. The van der Waals surface area contributed by atoms with E-state index in [0.29, 0.717) is 16.5 Å². The fraction of sp³-hybridized carbons (Fsp3) is 0.300. The van der Waals surface area contributed by atoms with Crippen LogP contribution < -0.4 is 0 Å². The van der Waals surface area contributed by atoms with Crippen LogP contribution >= 0.6 is 11.6 Å². The highest BCUT2D eigenvalue weighted by Crippen LogP contribution is 2.18. The minimum Gasteiger partial charge on any atom is -0.293 e. The van der Waals surface area contributed by atoms with E-state index in [1.54, 1.807) is 4.52 Å². The van der Waals surface area contributed by atoms with Crippen molar-refractivity contribution in [3.63, 3.8) is 0 Å². The summed E-state index contributed by atoms with van der Waals surface area (Å²) in [5.74, 6) is -0.0994. The highest BCUT2D eigenvalue weighted by atomic mass is 35.5. The molecular weight excluding hydrogens is 214 g/mol. The average molecular weight is 224 g/mol. The highest BCUT2D eigenvalue weighted by molar-refractivity contribution is 6.30. The quantitative estimate of drug-likeness (QED) is 0.550. The Kier molecular flexibility index (Phi) is 2.23. The minimum absolute atomic E-state index is 0.0994. The van der Waals surface area contributed by atoms with E-state index in [1.165, 1.54) is 13.0 Å². The summed E-state index contributed by atoms with van der Waals surface area (Å²) in [6, 6.07) is 1.53. The number of hydrogen-bond donors (Lipinski definition) is 0. The van der Waals surface area contributed by atoms with Gasteiger partial charge in [0.05, 0.1) is 5.69 Å². The van der Waals surface area contributed by atoms with Gasteiger partial charge in [-0.2, -0.15) is 5.10 Å². The molecule has 0 amide bonds. The molecule has 0 atom stereocenters. The molecule has 0 aliphatic carbocycles. The average Bonchev–Trinajstić information content (AvgIpc) is 2.45. The largest absolute Gasteiger partial charge is 0.293 e. The standard InChI is InChI=1S/C10H10ClN3O/c1-5-6(2)13-14-9(11)4-8(7(3)15)12-10(5)14/h4H,1-3H3. The molecule has 2 aromatic rings. The number of carbonyl (C=O) groups excluding carboxylic acids is 1. The number of aromatic nitrogens is 3. The summed E-state index contributed by atoms with van der Waals surface area (Å²) in [6.45, 7) is 5.26. The lowest BCUT2D eigenvalue weighted by Crippen LogP contribution is -2.01. The second kappa shape index (κ2) is 3.31. The molecule has 0 aliphatic heterocycles. The van der Waals surface area contributed by atoms with E-state index in [-0.39, 0.29) is 5.78 Å². The van der Waals surface area contributed by atoms with E-state index >= 15 is 0 Å². The van der Waals surface area contributed by atoms with Gasteiger partial charge in [0.2, 0.25) is 0 Å². The Bertz CT molecular complexity index is 559. The monoisotopic (exact) mass is 223 g/mol. The minimum atomic E-state index is -0.0994. The number of carbonyl (C=O) groups is 1. The van der Waals surface area contributed by atoms with Gasteiger partial charge in [-0.3, -0.25) is 4.79 Å². The van der Waals surface area contributed by atoms with Crippen molar-refractivity contribution < 1.29 is 4.79 Å². The summed E-state index contributed by atoms with van der Waals surface area (Å²) in [5.41, 5.74) is 2.82. The molecule has 0 N–H and O–H groups in total. The van der Waals surface area contributed by atoms with Gasteiger partial charge in [0.25, 0.3) is 0 Å². The zero-order chi connectivity index (χ0) is 11.2. The number of Topliss-reactive ketones (excluding diaryl/α,β-unsaturated/α-hetero) is 1. The third-order valence-electron chi connectivity index (χ3n) is 2.37. The van der Waals surface area contributed by atoms with Crippen LogP contribution in [0.25, 0.3) is 5.65 Å². The SMILES string of the molecule is CC(=O)c1cc(Cl)n2nc(C)c(C)c2n1. The van der Waals surface area contributed by atoms with Crippen LogP contribution in [0.2, 0.25) is 5.15 Å². The lowest BCUT2D eigenvalue weighted by molar-refractivity contribution is 0.101. The van der Waals surface area contributed by atoms with Crippen LogP contribution in [0.4, 0.5) is 0 Å². The molecule has 2 aromatic heterocycles. The molecule has 15 heavy (non-hydrogen) atoms. The predicted octanol–water partition coefficient (Wildman–Crippen LogP) is 2.20. The van der Waals surface area contributed by atoms with E-state index in [4.69, 9.17) is 11.6 Å². The Morgan fingerprint density at radius 1 is 1.47 bits per heavy atom. The molecule has 0 unspecified atom stereocenters. The molecule has 0 spiro atoms. The smallest absolute Gasteiger partial charge is 0.178 e. The number of rotatable bonds is 1. The molecule has 4 nitrogen and oxygen atoms in total. The zero-order valence-electron chi connectivity index (χ0n) is 8.71. The van der Waals surface area contributed by atoms with Gasteiger partial charge in [0.15, 0.2) is 11.4 Å². The van der Waals surface area contributed by atoms with Crippen molar-refractivity contribution in [2.45, 2.75) is 20.8 Å². The summed E-state index contributed by atoms with van der Waals surface area (Å²) >= 11 is 6.00. The first-order chi connectivity index (χ1) is 7.00. The molecule has 78 valence electrons. The number of halogens is 1. The Hall–Kier alpha value is -1.42. The molecule has 0 saturated heterocycles. The maximum Gasteiger partial charge on any atom is 0.178 e. The Balaban J connectivity index is 2.85. The van der Waals surface area contributed by atoms with Gasteiger partial charge in [-0.25, -0.2) is 9.50 Å². The van der Waals surface area contributed by atoms with Crippen molar-refractivity contribution in [3.05, 3.63) is 28.2 Å². The van der Waals surface area contributed by atoms with Crippen LogP contribution in [0.15, 0.2) is 6.07 Å². The number of ketones is 1. The van der Waals surface area contributed by atoms with Crippen LogP contribution in [-0.2, 0) is 0 Å². The molecule has 2 rings (SSSR count). The molecule has 5 heteroatoms. The van der Waals surface area contributed by atoms with Crippen molar-refractivity contribution in [1.82, 2.24) is 14.6 Å². The van der Waals surface area contributed by atoms with Crippen molar-refractivity contribution in [3.8, 4) is 0 Å². The molecule has 0 saturated carbocycles.